The van der Waals surface area contributed by atoms with Crippen LogP contribution in [0.1, 0.15) is 23.1 Å². The van der Waals surface area contributed by atoms with Gasteiger partial charge < -0.3 is 5.73 Å². The lowest BCUT2D eigenvalue weighted by molar-refractivity contribution is -0.122. The Morgan fingerprint density at radius 3 is 2.85 bits per heavy atom. The molecule has 0 fully saturated rings. The van der Waals surface area contributed by atoms with Crippen molar-refractivity contribution in [3.63, 3.8) is 0 Å². The van der Waals surface area contributed by atoms with Crippen molar-refractivity contribution in [1.29, 1.82) is 0 Å². The summed E-state index contributed by atoms with van der Waals surface area (Å²) in [4.78, 5) is 16.5. The molecule has 0 amide bonds. The second kappa shape index (κ2) is 5.45. The quantitative estimate of drug-likeness (QED) is 0.929. The summed E-state index contributed by atoms with van der Waals surface area (Å²) in [5, 5.41) is 0. The first-order valence-corrected chi connectivity index (χ1v) is 7.02. The first-order chi connectivity index (χ1) is 9.74. The van der Waals surface area contributed by atoms with Gasteiger partial charge in [0.2, 0.25) is 0 Å². The van der Waals surface area contributed by atoms with E-state index in [2.05, 4.69) is 23.2 Å². The van der Waals surface area contributed by atoms with Crippen LogP contribution in [0.4, 0.5) is 5.69 Å². The molecule has 1 aromatic carbocycles. The van der Waals surface area contributed by atoms with Crippen LogP contribution in [-0.2, 0) is 24.1 Å². The number of nitrogen functional groups attached to an aromatic ring is 1. The lowest BCUT2D eigenvalue weighted by Crippen LogP contribution is -2.24. The Bertz CT molecular complexity index is 636. The fourth-order valence-electron chi connectivity index (χ4n) is 2.89. The standard InChI is InChI=1S/C17H18N2O/c18-16-7-8-19-11-15(16)10-17(20)14-6-5-12-3-1-2-4-13(12)9-14/h1-4,7-8,11,14H,5-6,9-10H2,(H2,18,19). The zero-order valence-electron chi connectivity index (χ0n) is 11.4. The van der Waals surface area contributed by atoms with Crippen LogP contribution in [0.5, 0.6) is 0 Å². The van der Waals surface area contributed by atoms with Gasteiger partial charge in [-0.1, -0.05) is 24.3 Å². The van der Waals surface area contributed by atoms with Gasteiger partial charge in [0.15, 0.2) is 0 Å². The number of anilines is 1. The number of hydrogen-bond acceptors (Lipinski definition) is 3. The molecule has 1 aliphatic rings. The number of benzene rings is 1. The summed E-state index contributed by atoms with van der Waals surface area (Å²) in [5.41, 5.74) is 10.1. The number of carbonyl (C=O) groups excluding carboxylic acids is 1. The van der Waals surface area contributed by atoms with Gasteiger partial charge in [-0.25, -0.2) is 0 Å². The van der Waals surface area contributed by atoms with Crippen molar-refractivity contribution in [3.05, 3.63) is 59.4 Å². The topological polar surface area (TPSA) is 56.0 Å². The third kappa shape index (κ3) is 2.57. The third-order valence-electron chi connectivity index (χ3n) is 4.11. The largest absolute Gasteiger partial charge is 0.398 e. The van der Waals surface area contributed by atoms with E-state index in [9.17, 15) is 4.79 Å². The maximum absolute atomic E-state index is 12.4. The minimum Gasteiger partial charge on any atom is -0.398 e. The fourth-order valence-corrected chi connectivity index (χ4v) is 2.89. The number of aromatic nitrogens is 1. The second-order valence-corrected chi connectivity index (χ2v) is 5.43. The third-order valence-corrected chi connectivity index (χ3v) is 4.11. The predicted molar refractivity (Wildman–Crippen MR) is 79.3 cm³/mol. The van der Waals surface area contributed by atoms with Crippen LogP contribution in [0.15, 0.2) is 42.7 Å². The molecule has 3 heteroatoms. The molecule has 0 spiro atoms. The van der Waals surface area contributed by atoms with Crippen molar-refractivity contribution < 1.29 is 4.79 Å². The number of pyridine rings is 1. The normalized spacial score (nSPS) is 17.5. The van der Waals surface area contributed by atoms with Crippen LogP contribution in [0, 0.1) is 5.92 Å². The molecule has 2 aromatic rings. The van der Waals surface area contributed by atoms with Crippen molar-refractivity contribution in [2.75, 3.05) is 5.73 Å². The Hall–Kier alpha value is -2.16. The summed E-state index contributed by atoms with van der Waals surface area (Å²) in [6.45, 7) is 0. The van der Waals surface area contributed by atoms with Gasteiger partial charge in [-0.2, -0.15) is 0 Å². The van der Waals surface area contributed by atoms with E-state index >= 15 is 0 Å². The monoisotopic (exact) mass is 266 g/mol. The molecule has 0 aliphatic heterocycles. The average molecular weight is 266 g/mol. The summed E-state index contributed by atoms with van der Waals surface area (Å²) in [6, 6.07) is 10.2. The maximum Gasteiger partial charge on any atom is 0.140 e. The summed E-state index contributed by atoms with van der Waals surface area (Å²) >= 11 is 0. The van der Waals surface area contributed by atoms with E-state index in [1.54, 1.807) is 18.5 Å². The SMILES string of the molecule is Nc1ccncc1CC(=O)C1CCc2ccccc2C1. The number of nitrogens with zero attached hydrogens (tertiary/aromatic N) is 1. The summed E-state index contributed by atoms with van der Waals surface area (Å²) in [6.07, 6.45) is 6.54. The highest BCUT2D eigenvalue weighted by molar-refractivity contribution is 5.85. The minimum absolute atomic E-state index is 0.115. The zero-order chi connectivity index (χ0) is 13.9. The average Bonchev–Trinajstić information content (AvgIpc) is 2.49. The van der Waals surface area contributed by atoms with Crippen molar-refractivity contribution >= 4 is 11.5 Å². The number of nitrogens with two attached hydrogens (primary N) is 1. The van der Waals surface area contributed by atoms with E-state index in [0.29, 0.717) is 12.1 Å². The summed E-state index contributed by atoms with van der Waals surface area (Å²) < 4.78 is 0. The molecule has 0 saturated carbocycles. The highest BCUT2D eigenvalue weighted by Crippen LogP contribution is 2.27. The van der Waals surface area contributed by atoms with Gasteiger partial charge in [0.05, 0.1) is 0 Å². The number of Topliss-reactive ketones (excluding diaryl/α,β-unsaturated/α-hetero) is 1. The van der Waals surface area contributed by atoms with Crippen LogP contribution in [0.3, 0.4) is 0 Å². The Morgan fingerprint density at radius 1 is 1.25 bits per heavy atom. The highest BCUT2D eigenvalue weighted by Gasteiger charge is 2.24. The summed E-state index contributed by atoms with van der Waals surface area (Å²) in [7, 11) is 0. The van der Waals surface area contributed by atoms with E-state index in [0.717, 1.165) is 24.8 Å². The predicted octanol–water partition coefficient (Wildman–Crippen LogP) is 2.58. The Labute approximate surface area is 118 Å². The number of hydrogen-bond donors (Lipinski definition) is 1. The van der Waals surface area contributed by atoms with Crippen molar-refractivity contribution in [2.24, 2.45) is 5.92 Å². The van der Waals surface area contributed by atoms with Crippen LogP contribution < -0.4 is 5.73 Å². The smallest absolute Gasteiger partial charge is 0.140 e. The molecule has 3 nitrogen and oxygen atoms in total. The first kappa shape index (κ1) is 12.9. The fraction of sp³-hybridized carbons (Fsp3) is 0.294. The van der Waals surface area contributed by atoms with Gasteiger partial charge in [-0.3, -0.25) is 9.78 Å². The molecular formula is C17H18N2O. The van der Waals surface area contributed by atoms with E-state index in [1.165, 1.54) is 11.1 Å². The van der Waals surface area contributed by atoms with Gasteiger partial charge >= 0.3 is 0 Å². The molecule has 2 N–H and O–H groups in total. The number of ketones is 1. The Morgan fingerprint density at radius 2 is 2.05 bits per heavy atom. The van der Waals surface area contributed by atoms with Gasteiger partial charge in [-0.15, -0.1) is 0 Å². The Balaban J connectivity index is 1.72. The maximum atomic E-state index is 12.4. The number of carbonyl (C=O) groups is 1. The van der Waals surface area contributed by atoms with E-state index in [1.807, 2.05) is 6.07 Å². The van der Waals surface area contributed by atoms with Crippen LogP contribution in [-0.4, -0.2) is 10.8 Å². The first-order valence-electron chi connectivity index (χ1n) is 7.02. The highest BCUT2D eigenvalue weighted by atomic mass is 16.1. The molecular weight excluding hydrogens is 248 g/mol. The molecule has 3 rings (SSSR count). The lowest BCUT2D eigenvalue weighted by Gasteiger charge is -2.23. The molecule has 1 unspecified atom stereocenters. The Kier molecular flexibility index (Phi) is 3.50. The van der Waals surface area contributed by atoms with E-state index < -0.39 is 0 Å². The van der Waals surface area contributed by atoms with Gasteiger partial charge in [0.25, 0.3) is 0 Å². The molecule has 102 valence electrons. The van der Waals surface area contributed by atoms with Crippen molar-refractivity contribution in [3.8, 4) is 0 Å². The van der Waals surface area contributed by atoms with Gasteiger partial charge in [0, 0.05) is 36.0 Å². The molecule has 0 radical (unpaired) electrons. The number of rotatable bonds is 3. The van der Waals surface area contributed by atoms with Crippen LogP contribution in [0.25, 0.3) is 0 Å². The minimum atomic E-state index is 0.115. The van der Waals surface area contributed by atoms with Gasteiger partial charge in [-0.05, 0) is 36.5 Å². The second-order valence-electron chi connectivity index (χ2n) is 5.43. The van der Waals surface area contributed by atoms with E-state index in [4.69, 9.17) is 5.73 Å². The molecule has 1 aliphatic carbocycles. The van der Waals surface area contributed by atoms with Crippen LogP contribution in [0.2, 0.25) is 0 Å². The van der Waals surface area contributed by atoms with E-state index in [-0.39, 0.29) is 11.7 Å². The van der Waals surface area contributed by atoms with Crippen LogP contribution >= 0.6 is 0 Å². The number of aryl methyl sites for hydroxylation is 1. The van der Waals surface area contributed by atoms with Crippen molar-refractivity contribution in [2.45, 2.75) is 25.7 Å². The lowest BCUT2D eigenvalue weighted by atomic mass is 9.80. The molecule has 0 bridgehead atoms. The van der Waals surface area contributed by atoms with Crippen molar-refractivity contribution in [1.82, 2.24) is 4.98 Å². The summed E-state index contributed by atoms with van der Waals surface area (Å²) in [5.74, 6) is 0.392. The van der Waals surface area contributed by atoms with Gasteiger partial charge in [0.1, 0.15) is 5.78 Å². The zero-order valence-corrected chi connectivity index (χ0v) is 11.4. The molecule has 1 heterocycles. The number of fused-ring (bicyclic) bond motifs is 1. The molecule has 1 atom stereocenters. The molecule has 0 saturated heterocycles. The molecule has 1 aromatic heterocycles. The molecule has 20 heavy (non-hydrogen) atoms.